The first-order valence-electron chi connectivity index (χ1n) is 8.81. The Morgan fingerprint density at radius 3 is 2.23 bits per heavy atom. The predicted octanol–water partition coefficient (Wildman–Crippen LogP) is 2.95. The Morgan fingerprint density at radius 2 is 1.50 bits per heavy atom. The van der Waals surface area contributed by atoms with E-state index in [9.17, 15) is 9.59 Å². The van der Waals surface area contributed by atoms with Crippen molar-refractivity contribution in [1.29, 1.82) is 0 Å². The van der Waals surface area contributed by atoms with Gasteiger partial charge in [-0.2, -0.15) is 0 Å². The maximum absolute atomic E-state index is 12.4. The van der Waals surface area contributed by atoms with E-state index in [4.69, 9.17) is 9.47 Å². The van der Waals surface area contributed by atoms with Crippen molar-refractivity contribution in [2.45, 2.75) is 12.8 Å². The zero-order valence-electron chi connectivity index (χ0n) is 14.4. The molecular weight excluding hydrogens is 332 g/mol. The van der Waals surface area contributed by atoms with Crippen LogP contribution in [0.1, 0.15) is 33.6 Å². The normalized spacial score (nSPS) is 15.6. The van der Waals surface area contributed by atoms with Gasteiger partial charge in [-0.1, -0.05) is 0 Å². The summed E-state index contributed by atoms with van der Waals surface area (Å²) < 4.78 is 11.0. The van der Waals surface area contributed by atoms with E-state index in [1.807, 2.05) is 4.90 Å². The largest absolute Gasteiger partial charge is 0.486 e. The Morgan fingerprint density at radius 1 is 0.846 bits per heavy atom. The van der Waals surface area contributed by atoms with Crippen LogP contribution in [-0.4, -0.2) is 43.0 Å². The van der Waals surface area contributed by atoms with Gasteiger partial charge in [-0.25, -0.2) is 0 Å². The second kappa shape index (κ2) is 7.07. The van der Waals surface area contributed by atoms with Crippen molar-refractivity contribution in [3.63, 3.8) is 0 Å². The summed E-state index contributed by atoms with van der Waals surface area (Å²) >= 11 is 0. The van der Waals surface area contributed by atoms with E-state index in [2.05, 4.69) is 5.32 Å². The molecule has 0 saturated carbocycles. The minimum Gasteiger partial charge on any atom is -0.486 e. The highest BCUT2D eigenvalue weighted by Gasteiger charge is 2.19. The molecule has 1 saturated heterocycles. The molecule has 2 heterocycles. The van der Waals surface area contributed by atoms with Crippen molar-refractivity contribution in [3.8, 4) is 11.5 Å². The fourth-order valence-corrected chi connectivity index (χ4v) is 3.19. The van der Waals surface area contributed by atoms with Gasteiger partial charge in [0.2, 0.25) is 0 Å². The van der Waals surface area contributed by atoms with Crippen molar-refractivity contribution in [2.24, 2.45) is 0 Å². The molecule has 2 aromatic carbocycles. The number of likely N-dealkylation sites (tertiary alicyclic amines) is 1. The van der Waals surface area contributed by atoms with E-state index in [0.29, 0.717) is 41.5 Å². The van der Waals surface area contributed by atoms with Crippen LogP contribution < -0.4 is 14.8 Å². The molecule has 0 spiro atoms. The van der Waals surface area contributed by atoms with Gasteiger partial charge in [-0.05, 0) is 55.3 Å². The quantitative estimate of drug-likeness (QED) is 0.922. The van der Waals surface area contributed by atoms with Crippen LogP contribution in [0.4, 0.5) is 5.69 Å². The third-order valence-corrected chi connectivity index (χ3v) is 4.59. The monoisotopic (exact) mass is 352 g/mol. The van der Waals surface area contributed by atoms with Crippen molar-refractivity contribution < 1.29 is 19.1 Å². The second-order valence-corrected chi connectivity index (χ2v) is 6.39. The average molecular weight is 352 g/mol. The number of amides is 2. The molecule has 26 heavy (non-hydrogen) atoms. The highest BCUT2D eigenvalue weighted by Crippen LogP contribution is 2.31. The van der Waals surface area contributed by atoms with E-state index in [0.717, 1.165) is 25.9 Å². The van der Waals surface area contributed by atoms with Crippen LogP contribution >= 0.6 is 0 Å². The van der Waals surface area contributed by atoms with Gasteiger partial charge in [-0.15, -0.1) is 0 Å². The predicted molar refractivity (Wildman–Crippen MR) is 97.0 cm³/mol. The Kier molecular flexibility index (Phi) is 4.48. The number of rotatable bonds is 3. The van der Waals surface area contributed by atoms with E-state index in [-0.39, 0.29) is 11.8 Å². The van der Waals surface area contributed by atoms with Gasteiger partial charge in [0.1, 0.15) is 13.2 Å². The first kappa shape index (κ1) is 16.4. The Balaban J connectivity index is 1.43. The number of fused-ring (bicyclic) bond motifs is 1. The molecule has 1 N–H and O–H groups in total. The molecule has 6 nitrogen and oxygen atoms in total. The summed E-state index contributed by atoms with van der Waals surface area (Å²) in [7, 11) is 0. The lowest BCUT2D eigenvalue weighted by Gasteiger charge is -2.18. The molecule has 0 aromatic heterocycles. The van der Waals surface area contributed by atoms with E-state index < -0.39 is 0 Å². The van der Waals surface area contributed by atoms with Crippen molar-refractivity contribution >= 4 is 17.5 Å². The number of ether oxygens (including phenoxy) is 2. The lowest BCUT2D eigenvalue weighted by Crippen LogP contribution is -2.27. The van der Waals surface area contributed by atoms with E-state index >= 15 is 0 Å². The van der Waals surface area contributed by atoms with Crippen LogP contribution in [-0.2, 0) is 0 Å². The van der Waals surface area contributed by atoms with E-state index in [1.165, 1.54) is 0 Å². The van der Waals surface area contributed by atoms with Gasteiger partial charge in [0.25, 0.3) is 11.8 Å². The molecule has 134 valence electrons. The zero-order valence-corrected chi connectivity index (χ0v) is 14.4. The summed E-state index contributed by atoms with van der Waals surface area (Å²) in [5.74, 6) is 1.04. The van der Waals surface area contributed by atoms with E-state index in [1.54, 1.807) is 42.5 Å². The van der Waals surface area contributed by atoms with Crippen molar-refractivity contribution in [1.82, 2.24) is 4.90 Å². The van der Waals surface area contributed by atoms with Gasteiger partial charge in [0.05, 0.1) is 0 Å². The van der Waals surface area contributed by atoms with Crippen LogP contribution in [0.2, 0.25) is 0 Å². The Hall–Kier alpha value is -3.02. The molecule has 2 aromatic rings. The highest BCUT2D eigenvalue weighted by molar-refractivity contribution is 6.05. The summed E-state index contributed by atoms with van der Waals surface area (Å²) in [4.78, 5) is 26.7. The first-order chi connectivity index (χ1) is 12.7. The number of hydrogen-bond donors (Lipinski definition) is 1. The molecule has 2 amide bonds. The fourth-order valence-electron chi connectivity index (χ4n) is 3.19. The number of nitrogens with zero attached hydrogens (tertiary/aromatic N) is 1. The van der Waals surface area contributed by atoms with Gasteiger partial charge >= 0.3 is 0 Å². The lowest BCUT2D eigenvalue weighted by atomic mass is 10.1. The molecular formula is C20H20N2O4. The van der Waals surface area contributed by atoms with Gasteiger partial charge in [0.15, 0.2) is 11.5 Å². The molecule has 0 aliphatic carbocycles. The van der Waals surface area contributed by atoms with Gasteiger partial charge in [0, 0.05) is 29.9 Å². The molecule has 6 heteroatoms. The number of nitrogens with one attached hydrogen (secondary N) is 1. The van der Waals surface area contributed by atoms with Crippen LogP contribution in [0.5, 0.6) is 11.5 Å². The molecule has 2 aliphatic rings. The Bertz CT molecular complexity index is 826. The smallest absolute Gasteiger partial charge is 0.255 e. The Labute approximate surface area is 151 Å². The van der Waals surface area contributed by atoms with Crippen molar-refractivity contribution in [3.05, 3.63) is 53.6 Å². The van der Waals surface area contributed by atoms with Crippen LogP contribution in [0.15, 0.2) is 42.5 Å². The number of carbonyl (C=O) groups is 2. The number of benzene rings is 2. The van der Waals surface area contributed by atoms with Crippen molar-refractivity contribution in [2.75, 3.05) is 31.6 Å². The second-order valence-electron chi connectivity index (χ2n) is 6.39. The highest BCUT2D eigenvalue weighted by atomic mass is 16.6. The summed E-state index contributed by atoms with van der Waals surface area (Å²) in [6.45, 7) is 2.63. The molecule has 2 aliphatic heterocycles. The third-order valence-electron chi connectivity index (χ3n) is 4.59. The standard InChI is InChI=1S/C20H20N2O4/c23-19(15-5-8-17-18(13-15)26-12-11-25-17)21-16-6-3-14(4-7-16)20(24)22-9-1-2-10-22/h3-8,13H,1-2,9-12H2,(H,21,23). The fraction of sp³-hybridized carbons (Fsp3) is 0.300. The summed E-state index contributed by atoms with van der Waals surface area (Å²) in [6.07, 6.45) is 2.13. The molecule has 0 unspecified atom stereocenters. The lowest BCUT2D eigenvalue weighted by molar-refractivity contribution is 0.0792. The minimum absolute atomic E-state index is 0.0483. The number of hydrogen-bond acceptors (Lipinski definition) is 4. The molecule has 0 bridgehead atoms. The maximum Gasteiger partial charge on any atom is 0.255 e. The zero-order chi connectivity index (χ0) is 17.9. The van der Waals surface area contributed by atoms with Crippen LogP contribution in [0.3, 0.4) is 0 Å². The number of carbonyl (C=O) groups excluding carboxylic acids is 2. The van der Waals surface area contributed by atoms with Gasteiger partial charge < -0.3 is 19.7 Å². The third kappa shape index (κ3) is 3.35. The maximum atomic E-state index is 12.4. The summed E-state index contributed by atoms with van der Waals surface area (Å²) in [5.41, 5.74) is 1.78. The minimum atomic E-state index is -0.236. The molecule has 1 fully saturated rings. The number of anilines is 1. The first-order valence-corrected chi connectivity index (χ1v) is 8.81. The van der Waals surface area contributed by atoms with Crippen LogP contribution in [0, 0.1) is 0 Å². The SMILES string of the molecule is O=C(Nc1ccc(C(=O)N2CCCC2)cc1)c1ccc2c(c1)OCCO2. The van der Waals surface area contributed by atoms with Gasteiger partial charge in [-0.3, -0.25) is 9.59 Å². The molecule has 4 rings (SSSR count). The molecule has 0 atom stereocenters. The molecule has 0 radical (unpaired) electrons. The summed E-state index contributed by atoms with van der Waals surface area (Å²) in [5, 5.41) is 2.84. The average Bonchev–Trinajstić information content (AvgIpc) is 3.22. The van der Waals surface area contributed by atoms with Crippen LogP contribution in [0.25, 0.3) is 0 Å². The summed E-state index contributed by atoms with van der Waals surface area (Å²) in [6, 6.07) is 12.1. The topological polar surface area (TPSA) is 67.9 Å².